The second-order valence-electron chi connectivity index (χ2n) is 6.27. The molecule has 0 unspecified atom stereocenters. The third-order valence-electron chi connectivity index (χ3n) is 4.37. The van der Waals surface area contributed by atoms with Gasteiger partial charge in [0.15, 0.2) is 0 Å². The molecule has 1 aliphatic carbocycles. The van der Waals surface area contributed by atoms with E-state index in [1.54, 1.807) is 0 Å². The highest BCUT2D eigenvalue weighted by atomic mass is 32.2. The standard InChI is InChI=1S/C15H16F6O6S2/c16-13(17,14(18,19)28-27-26-22)15(20,21)29(23,24)25-12-8-6-11(7-9-12)10-4-2-1-3-5-10/h6-10,22H,1-5H2/p-1. The zero-order valence-electron chi connectivity index (χ0n) is 14.5. The Bertz CT molecular complexity index is 781. The van der Waals surface area contributed by atoms with Crippen LogP contribution in [0, 0.1) is 0 Å². The van der Waals surface area contributed by atoms with Crippen molar-refractivity contribution in [1.29, 1.82) is 0 Å². The molecule has 0 spiro atoms. The SMILES string of the molecule is O=S(=O)(Oc1ccc(C2CCCCC2)cc1)C(F)(F)C(F)(F)C(F)(F)SOO[O-]. The summed E-state index contributed by atoms with van der Waals surface area (Å²) in [5.74, 6) is -7.08. The topological polar surface area (TPSA) is 84.9 Å². The summed E-state index contributed by atoms with van der Waals surface area (Å²) in [6.45, 7) is 0. The van der Waals surface area contributed by atoms with E-state index in [0.717, 1.165) is 49.8 Å². The highest BCUT2D eigenvalue weighted by Gasteiger charge is 2.79. The van der Waals surface area contributed by atoms with Gasteiger partial charge < -0.3 is 9.44 Å². The summed E-state index contributed by atoms with van der Waals surface area (Å²) < 4.78 is 112. The van der Waals surface area contributed by atoms with Crippen LogP contribution in [0.3, 0.4) is 0 Å². The summed E-state index contributed by atoms with van der Waals surface area (Å²) in [5.41, 5.74) is 0.782. The average molecular weight is 469 g/mol. The molecule has 1 aromatic carbocycles. The summed E-state index contributed by atoms with van der Waals surface area (Å²) in [7, 11) is -6.57. The van der Waals surface area contributed by atoms with Gasteiger partial charge in [0.1, 0.15) is 17.8 Å². The maximum atomic E-state index is 13.8. The van der Waals surface area contributed by atoms with Gasteiger partial charge in [-0.3, -0.25) is 5.04 Å². The van der Waals surface area contributed by atoms with Gasteiger partial charge in [0, 0.05) is 0 Å². The van der Waals surface area contributed by atoms with Crippen molar-refractivity contribution < 1.29 is 53.6 Å². The maximum absolute atomic E-state index is 13.8. The molecule has 0 aliphatic heterocycles. The van der Waals surface area contributed by atoms with E-state index in [-0.39, 0.29) is 5.92 Å². The third-order valence-corrected chi connectivity index (χ3v) is 6.26. The van der Waals surface area contributed by atoms with E-state index in [1.165, 1.54) is 12.1 Å². The van der Waals surface area contributed by atoms with Crippen LogP contribution in [-0.2, 0) is 19.5 Å². The van der Waals surface area contributed by atoms with Crippen molar-refractivity contribution >= 4 is 22.2 Å². The zero-order chi connectivity index (χ0) is 21.9. The fraction of sp³-hybridized carbons (Fsp3) is 0.600. The first-order valence-corrected chi connectivity index (χ1v) is 10.3. The molecule has 29 heavy (non-hydrogen) atoms. The molecule has 2 rings (SSSR count). The van der Waals surface area contributed by atoms with Gasteiger partial charge >= 0.3 is 26.5 Å². The fourth-order valence-electron chi connectivity index (χ4n) is 2.85. The van der Waals surface area contributed by atoms with Crippen LogP contribution in [0.5, 0.6) is 5.75 Å². The molecular formula is C15H15F6O6S2-. The van der Waals surface area contributed by atoms with E-state index in [4.69, 9.17) is 0 Å². The molecule has 0 aromatic heterocycles. The van der Waals surface area contributed by atoms with Gasteiger partial charge in [0.25, 0.3) is 0 Å². The molecular weight excluding hydrogens is 454 g/mol. The number of benzene rings is 1. The lowest BCUT2D eigenvalue weighted by molar-refractivity contribution is -0.777. The molecule has 6 nitrogen and oxygen atoms in total. The molecule has 0 heterocycles. The van der Waals surface area contributed by atoms with Gasteiger partial charge in [-0.15, -0.1) is 0 Å². The van der Waals surface area contributed by atoms with Crippen molar-refractivity contribution in [3.05, 3.63) is 29.8 Å². The smallest absolute Gasteiger partial charge is 0.450 e. The van der Waals surface area contributed by atoms with E-state index < -0.39 is 44.3 Å². The molecule has 0 saturated heterocycles. The number of halogens is 6. The van der Waals surface area contributed by atoms with E-state index in [0.29, 0.717) is 0 Å². The predicted molar refractivity (Wildman–Crippen MR) is 86.4 cm³/mol. The van der Waals surface area contributed by atoms with Crippen molar-refractivity contribution in [3.8, 4) is 5.75 Å². The number of hydrogen-bond acceptors (Lipinski definition) is 7. The van der Waals surface area contributed by atoms with Crippen molar-refractivity contribution in [2.75, 3.05) is 0 Å². The van der Waals surface area contributed by atoms with Crippen molar-refractivity contribution in [3.63, 3.8) is 0 Å². The second-order valence-corrected chi connectivity index (χ2v) is 8.67. The Morgan fingerprint density at radius 2 is 1.52 bits per heavy atom. The van der Waals surface area contributed by atoms with Gasteiger partial charge in [-0.2, -0.15) is 39.1 Å². The van der Waals surface area contributed by atoms with Gasteiger partial charge in [0.05, 0.1) is 0 Å². The summed E-state index contributed by atoms with van der Waals surface area (Å²) in [4.78, 5) is 0. The zero-order valence-corrected chi connectivity index (χ0v) is 16.1. The van der Waals surface area contributed by atoms with Crippen LogP contribution in [0.25, 0.3) is 0 Å². The summed E-state index contributed by atoms with van der Waals surface area (Å²) in [6.07, 6.45) is 4.82. The number of alkyl halides is 6. The minimum Gasteiger partial charge on any atom is -0.691 e. The van der Waals surface area contributed by atoms with Crippen LogP contribution in [0.2, 0.25) is 0 Å². The summed E-state index contributed by atoms with van der Waals surface area (Å²) >= 11 is -1.77. The first kappa shape index (κ1) is 24.1. The molecule has 1 saturated carbocycles. The van der Waals surface area contributed by atoms with Crippen molar-refractivity contribution in [2.45, 2.75) is 54.5 Å². The molecule has 1 fully saturated rings. The highest BCUT2D eigenvalue weighted by Crippen LogP contribution is 2.53. The summed E-state index contributed by atoms with van der Waals surface area (Å²) in [5, 5.41) is -0.332. The van der Waals surface area contributed by atoms with E-state index >= 15 is 0 Å². The molecule has 14 heteroatoms. The maximum Gasteiger partial charge on any atom is 0.450 e. The molecule has 0 radical (unpaired) electrons. The van der Waals surface area contributed by atoms with E-state index in [2.05, 4.69) is 13.6 Å². The molecule has 0 bridgehead atoms. The Morgan fingerprint density at radius 1 is 0.966 bits per heavy atom. The molecule has 1 aliphatic rings. The largest absolute Gasteiger partial charge is 0.691 e. The quantitative estimate of drug-likeness (QED) is 0.177. The summed E-state index contributed by atoms with van der Waals surface area (Å²) in [6, 6.07) is 4.72. The third kappa shape index (κ3) is 4.93. The Labute approximate surface area is 166 Å². The molecule has 1 aromatic rings. The van der Waals surface area contributed by atoms with Crippen LogP contribution in [0.15, 0.2) is 24.3 Å². The van der Waals surface area contributed by atoms with Gasteiger partial charge in [0.2, 0.25) is 0 Å². The van der Waals surface area contributed by atoms with Crippen LogP contribution in [0.1, 0.15) is 43.6 Å². The van der Waals surface area contributed by atoms with Crippen molar-refractivity contribution in [2.24, 2.45) is 0 Å². The van der Waals surface area contributed by atoms with Crippen LogP contribution in [-0.4, -0.2) is 24.8 Å². The minimum atomic E-state index is -6.57. The fourth-order valence-corrected chi connectivity index (χ4v) is 4.17. The average Bonchev–Trinajstić information content (AvgIpc) is 2.67. The van der Waals surface area contributed by atoms with Crippen LogP contribution in [0.4, 0.5) is 26.3 Å². The monoisotopic (exact) mass is 469 g/mol. The highest BCUT2D eigenvalue weighted by molar-refractivity contribution is 7.95. The number of rotatable bonds is 9. The van der Waals surface area contributed by atoms with E-state index in [9.17, 15) is 40.0 Å². The Hall–Kier alpha value is -1.22. The van der Waals surface area contributed by atoms with Crippen LogP contribution < -0.4 is 9.44 Å². The first-order chi connectivity index (χ1) is 13.4. The molecule has 0 N–H and O–H groups in total. The lowest BCUT2D eigenvalue weighted by Crippen LogP contribution is -2.57. The molecule has 166 valence electrons. The van der Waals surface area contributed by atoms with Gasteiger partial charge in [-0.05, 0) is 36.5 Å². The second kappa shape index (κ2) is 8.88. The minimum absolute atomic E-state index is 0.180. The normalized spacial score (nSPS) is 17.3. The lowest BCUT2D eigenvalue weighted by Gasteiger charge is -2.30. The number of hydrogen-bond donors (Lipinski definition) is 0. The Balaban J connectivity index is 2.20. The lowest BCUT2D eigenvalue weighted by atomic mass is 9.84. The molecule has 0 amide bonds. The van der Waals surface area contributed by atoms with Crippen LogP contribution >= 0.6 is 12.0 Å². The van der Waals surface area contributed by atoms with Crippen molar-refractivity contribution in [1.82, 2.24) is 0 Å². The van der Waals surface area contributed by atoms with Gasteiger partial charge in [-0.1, -0.05) is 31.4 Å². The Kier molecular flexibility index (Phi) is 7.36. The van der Waals surface area contributed by atoms with Gasteiger partial charge in [-0.25, -0.2) is 0 Å². The molecule has 0 atom stereocenters. The predicted octanol–water partition coefficient (Wildman–Crippen LogP) is 4.14. The van der Waals surface area contributed by atoms with E-state index in [1.807, 2.05) is 0 Å². The first-order valence-electron chi connectivity index (χ1n) is 8.17. The Morgan fingerprint density at radius 3 is 2.03 bits per heavy atom.